The van der Waals surface area contributed by atoms with Gasteiger partial charge in [0.2, 0.25) is 0 Å². The molecule has 1 aromatic carbocycles. The van der Waals surface area contributed by atoms with Crippen LogP contribution >= 0.6 is 0 Å². The second kappa shape index (κ2) is 8.91. The maximum Gasteiger partial charge on any atom is 0.446 e. The number of hydrogen-bond donors (Lipinski definition) is 1. The number of rotatable bonds is 5. The Morgan fingerprint density at radius 1 is 1.06 bits per heavy atom. The molecule has 18 heavy (non-hydrogen) atoms. The van der Waals surface area contributed by atoms with Gasteiger partial charge in [-0.05, 0) is 31.8 Å². The van der Waals surface area contributed by atoms with Gasteiger partial charge in [0.25, 0.3) is 0 Å². The van der Waals surface area contributed by atoms with E-state index in [9.17, 15) is 8.42 Å². The maximum absolute atomic E-state index is 10.1. The highest BCUT2D eigenvalue weighted by Crippen LogP contribution is 2.09. The minimum absolute atomic E-state index is 0.0926. The number of hydrogen-bond acceptors (Lipinski definition) is 4. The molecule has 0 aromatic heterocycles. The molecule has 1 N–H and O–H groups in total. The SMILES string of the molecule is CCN(CC)CC.O=S(=O)(O)Oc1ccccc1. The molecule has 0 unspecified atom stereocenters. The van der Waals surface area contributed by atoms with Crippen molar-refractivity contribution >= 4 is 10.4 Å². The van der Waals surface area contributed by atoms with Crippen molar-refractivity contribution in [1.82, 2.24) is 4.90 Å². The second-order valence-electron chi connectivity index (χ2n) is 3.44. The lowest BCUT2D eigenvalue weighted by molar-refractivity contribution is 0.321. The van der Waals surface area contributed by atoms with Crippen molar-refractivity contribution in [2.45, 2.75) is 20.8 Å². The zero-order valence-electron chi connectivity index (χ0n) is 11.0. The molecule has 0 amide bonds. The largest absolute Gasteiger partial charge is 0.446 e. The average Bonchev–Trinajstić information content (AvgIpc) is 2.31. The van der Waals surface area contributed by atoms with Crippen molar-refractivity contribution in [3.63, 3.8) is 0 Å². The summed E-state index contributed by atoms with van der Waals surface area (Å²) in [6.07, 6.45) is 0. The van der Waals surface area contributed by atoms with Gasteiger partial charge in [0, 0.05) is 0 Å². The van der Waals surface area contributed by atoms with Gasteiger partial charge >= 0.3 is 10.4 Å². The van der Waals surface area contributed by atoms with E-state index in [-0.39, 0.29) is 5.75 Å². The summed E-state index contributed by atoms with van der Waals surface area (Å²) >= 11 is 0. The predicted molar refractivity (Wildman–Crippen MR) is 72.1 cm³/mol. The van der Waals surface area contributed by atoms with Gasteiger partial charge in [0.1, 0.15) is 5.75 Å². The third-order valence-electron chi connectivity index (χ3n) is 2.29. The first-order chi connectivity index (χ1) is 8.42. The molecule has 0 aliphatic carbocycles. The molecular formula is C12H21NO4S. The van der Waals surface area contributed by atoms with Crippen LogP contribution in [-0.4, -0.2) is 37.5 Å². The van der Waals surface area contributed by atoms with E-state index in [1.54, 1.807) is 18.2 Å². The molecule has 0 radical (unpaired) electrons. The molecule has 1 aromatic rings. The van der Waals surface area contributed by atoms with E-state index in [4.69, 9.17) is 4.55 Å². The predicted octanol–water partition coefficient (Wildman–Crippen LogP) is 2.22. The molecule has 0 saturated carbocycles. The van der Waals surface area contributed by atoms with Crippen LogP contribution in [0.2, 0.25) is 0 Å². The summed E-state index contributed by atoms with van der Waals surface area (Å²) in [5.74, 6) is 0.0926. The van der Waals surface area contributed by atoms with Crippen molar-refractivity contribution in [2.75, 3.05) is 19.6 Å². The Labute approximate surface area is 109 Å². The molecular weight excluding hydrogens is 254 g/mol. The standard InChI is InChI=1S/C6H15N.C6H6O4S/c1-4-7(5-2)6-3;7-11(8,9)10-6-4-2-1-3-5-6/h4-6H2,1-3H3;1-5H,(H,7,8,9). The molecule has 1 rings (SSSR count). The van der Waals surface area contributed by atoms with Gasteiger partial charge in [-0.25, -0.2) is 0 Å². The van der Waals surface area contributed by atoms with Crippen LogP contribution in [0.3, 0.4) is 0 Å². The normalized spacial score (nSPS) is 10.7. The van der Waals surface area contributed by atoms with Crippen molar-refractivity contribution in [3.8, 4) is 5.75 Å². The summed E-state index contributed by atoms with van der Waals surface area (Å²) in [6, 6.07) is 7.75. The summed E-state index contributed by atoms with van der Waals surface area (Å²) < 4.78 is 32.6. The highest BCUT2D eigenvalue weighted by atomic mass is 32.3. The number of nitrogens with zero attached hydrogens (tertiary/aromatic N) is 1. The van der Waals surface area contributed by atoms with Crippen molar-refractivity contribution < 1.29 is 17.2 Å². The fourth-order valence-electron chi connectivity index (χ4n) is 1.27. The first kappa shape index (κ1) is 16.9. The molecule has 6 heteroatoms. The third-order valence-corrected chi connectivity index (χ3v) is 2.69. The molecule has 0 aliphatic rings. The summed E-state index contributed by atoms with van der Waals surface area (Å²) in [6.45, 7) is 10.1. The van der Waals surface area contributed by atoms with Crippen LogP contribution < -0.4 is 4.18 Å². The molecule has 0 saturated heterocycles. The lowest BCUT2D eigenvalue weighted by Gasteiger charge is -2.13. The molecule has 0 fully saturated rings. The van der Waals surface area contributed by atoms with Crippen LogP contribution in [-0.2, 0) is 10.4 Å². The monoisotopic (exact) mass is 275 g/mol. The summed E-state index contributed by atoms with van der Waals surface area (Å²) in [7, 11) is -4.38. The fourth-order valence-corrected chi connectivity index (χ4v) is 1.62. The van der Waals surface area contributed by atoms with E-state index in [1.165, 1.54) is 31.8 Å². The minimum Gasteiger partial charge on any atom is -0.362 e. The first-order valence-electron chi connectivity index (χ1n) is 5.87. The lowest BCUT2D eigenvalue weighted by Crippen LogP contribution is -2.21. The summed E-state index contributed by atoms with van der Waals surface area (Å²) in [5, 5.41) is 0. The van der Waals surface area contributed by atoms with E-state index in [0.29, 0.717) is 0 Å². The molecule has 0 bridgehead atoms. The smallest absolute Gasteiger partial charge is 0.362 e. The van der Waals surface area contributed by atoms with Gasteiger partial charge in [-0.15, -0.1) is 0 Å². The van der Waals surface area contributed by atoms with Gasteiger partial charge < -0.3 is 9.08 Å². The van der Waals surface area contributed by atoms with Crippen LogP contribution in [0, 0.1) is 0 Å². The Morgan fingerprint density at radius 2 is 1.50 bits per heavy atom. The zero-order chi connectivity index (χ0) is 14.0. The van der Waals surface area contributed by atoms with Crippen LogP contribution in [0.25, 0.3) is 0 Å². The van der Waals surface area contributed by atoms with Crippen molar-refractivity contribution in [1.29, 1.82) is 0 Å². The van der Waals surface area contributed by atoms with Crippen molar-refractivity contribution in [3.05, 3.63) is 30.3 Å². The Morgan fingerprint density at radius 3 is 1.78 bits per heavy atom. The van der Waals surface area contributed by atoms with Crippen LogP contribution in [0.1, 0.15) is 20.8 Å². The van der Waals surface area contributed by atoms with Crippen LogP contribution in [0.5, 0.6) is 5.75 Å². The Balaban J connectivity index is 0.000000360. The van der Waals surface area contributed by atoms with Gasteiger partial charge in [-0.1, -0.05) is 39.0 Å². The topological polar surface area (TPSA) is 66.8 Å². The van der Waals surface area contributed by atoms with Crippen LogP contribution in [0.4, 0.5) is 0 Å². The summed E-state index contributed by atoms with van der Waals surface area (Å²) in [5.41, 5.74) is 0. The van der Waals surface area contributed by atoms with E-state index in [2.05, 4.69) is 29.9 Å². The highest BCUT2D eigenvalue weighted by Gasteiger charge is 2.04. The highest BCUT2D eigenvalue weighted by molar-refractivity contribution is 7.81. The van der Waals surface area contributed by atoms with Gasteiger partial charge in [-0.2, -0.15) is 8.42 Å². The Bertz CT molecular complexity index is 396. The van der Waals surface area contributed by atoms with Gasteiger partial charge in [0.15, 0.2) is 0 Å². The number of benzene rings is 1. The van der Waals surface area contributed by atoms with E-state index in [0.717, 1.165) is 0 Å². The van der Waals surface area contributed by atoms with Crippen LogP contribution in [0.15, 0.2) is 30.3 Å². The van der Waals surface area contributed by atoms with Gasteiger partial charge in [-0.3, -0.25) is 4.55 Å². The van der Waals surface area contributed by atoms with Crippen molar-refractivity contribution in [2.24, 2.45) is 0 Å². The Hall–Kier alpha value is -1.11. The average molecular weight is 275 g/mol. The molecule has 0 atom stereocenters. The van der Waals surface area contributed by atoms with E-state index >= 15 is 0 Å². The zero-order valence-corrected chi connectivity index (χ0v) is 11.9. The Kier molecular flexibility index (Phi) is 8.36. The fraction of sp³-hybridized carbons (Fsp3) is 0.500. The molecule has 104 valence electrons. The molecule has 0 heterocycles. The van der Waals surface area contributed by atoms with Gasteiger partial charge in [0.05, 0.1) is 0 Å². The third kappa shape index (κ3) is 8.98. The molecule has 0 aliphatic heterocycles. The second-order valence-corrected chi connectivity index (χ2v) is 4.47. The summed E-state index contributed by atoms with van der Waals surface area (Å²) in [4.78, 5) is 2.38. The first-order valence-corrected chi connectivity index (χ1v) is 7.23. The molecule has 0 spiro atoms. The quantitative estimate of drug-likeness (QED) is 0.835. The lowest BCUT2D eigenvalue weighted by atomic mass is 10.3. The number of para-hydroxylation sites is 1. The van der Waals surface area contributed by atoms with E-state index in [1.807, 2.05) is 0 Å². The van der Waals surface area contributed by atoms with E-state index < -0.39 is 10.4 Å². The minimum atomic E-state index is -4.38. The molecule has 5 nitrogen and oxygen atoms in total. The maximum atomic E-state index is 10.1.